The largest absolute Gasteiger partial charge is 0.456 e. The van der Waals surface area contributed by atoms with Crippen LogP contribution in [0.2, 0.25) is 15.1 Å². The summed E-state index contributed by atoms with van der Waals surface area (Å²) in [5.41, 5.74) is 2.26. The Labute approximate surface area is 170 Å². The van der Waals surface area contributed by atoms with Gasteiger partial charge < -0.3 is 15.0 Å². The average molecular weight is 426 g/mol. The summed E-state index contributed by atoms with van der Waals surface area (Å²) in [6, 6.07) is 10.7. The van der Waals surface area contributed by atoms with Gasteiger partial charge >= 0.3 is 5.97 Å². The first-order chi connectivity index (χ1) is 12.9. The summed E-state index contributed by atoms with van der Waals surface area (Å²) in [6.07, 6.45) is 2.55. The van der Waals surface area contributed by atoms with Crippen molar-refractivity contribution >= 4 is 63.3 Å². The number of benzene rings is 2. The molecule has 0 radical (unpaired) electrons. The Morgan fingerprint density at radius 1 is 1.07 bits per heavy atom. The van der Waals surface area contributed by atoms with E-state index in [2.05, 4.69) is 10.3 Å². The van der Waals surface area contributed by atoms with Crippen molar-refractivity contribution in [3.05, 3.63) is 63.2 Å². The number of anilines is 1. The summed E-state index contributed by atoms with van der Waals surface area (Å²) in [6.45, 7) is -0.429. The smallest absolute Gasteiger partial charge is 0.306 e. The van der Waals surface area contributed by atoms with Gasteiger partial charge in [0.2, 0.25) is 0 Å². The molecule has 140 valence electrons. The zero-order valence-corrected chi connectivity index (χ0v) is 16.3. The highest BCUT2D eigenvalue weighted by Crippen LogP contribution is 2.33. The van der Waals surface area contributed by atoms with Crippen molar-refractivity contribution in [3.8, 4) is 0 Å². The van der Waals surface area contributed by atoms with Gasteiger partial charge in [0.15, 0.2) is 6.61 Å². The van der Waals surface area contributed by atoms with Crippen LogP contribution >= 0.6 is 34.8 Å². The predicted molar refractivity (Wildman–Crippen MR) is 108 cm³/mol. The SMILES string of the molecule is O=C(COC(=O)CCc1c[nH]c2ccccc12)Nc1c(Cl)cc(Cl)cc1Cl. The zero-order valence-electron chi connectivity index (χ0n) is 14.0. The van der Waals surface area contributed by atoms with Gasteiger partial charge in [-0.1, -0.05) is 53.0 Å². The van der Waals surface area contributed by atoms with Crippen LogP contribution in [0.1, 0.15) is 12.0 Å². The lowest BCUT2D eigenvalue weighted by Crippen LogP contribution is -2.21. The number of esters is 1. The molecule has 2 N–H and O–H groups in total. The predicted octanol–water partition coefficient (Wildman–Crippen LogP) is 5.24. The summed E-state index contributed by atoms with van der Waals surface area (Å²) in [4.78, 5) is 27.1. The maximum Gasteiger partial charge on any atom is 0.306 e. The second-order valence-corrected chi connectivity index (χ2v) is 7.06. The Bertz CT molecular complexity index is 978. The lowest BCUT2D eigenvalue weighted by Gasteiger charge is -2.10. The van der Waals surface area contributed by atoms with Gasteiger partial charge in [0, 0.05) is 28.5 Å². The lowest BCUT2D eigenvalue weighted by atomic mass is 10.1. The van der Waals surface area contributed by atoms with E-state index in [9.17, 15) is 9.59 Å². The molecule has 0 saturated carbocycles. The van der Waals surface area contributed by atoms with E-state index in [0.717, 1.165) is 16.5 Å². The molecular formula is C19H15Cl3N2O3. The number of hydrogen-bond donors (Lipinski definition) is 2. The summed E-state index contributed by atoms with van der Waals surface area (Å²) in [7, 11) is 0. The Morgan fingerprint density at radius 2 is 1.78 bits per heavy atom. The first kappa shape index (κ1) is 19.5. The van der Waals surface area contributed by atoms with Gasteiger partial charge in [-0.3, -0.25) is 9.59 Å². The zero-order chi connectivity index (χ0) is 19.4. The van der Waals surface area contributed by atoms with Crippen molar-refractivity contribution in [2.45, 2.75) is 12.8 Å². The van der Waals surface area contributed by atoms with Gasteiger partial charge in [0.05, 0.1) is 15.7 Å². The number of hydrogen-bond acceptors (Lipinski definition) is 3. The highest BCUT2D eigenvalue weighted by molar-refractivity contribution is 6.42. The number of carbonyl (C=O) groups is 2. The molecule has 0 aliphatic carbocycles. The first-order valence-corrected chi connectivity index (χ1v) is 9.22. The molecule has 1 aromatic heterocycles. The maximum absolute atomic E-state index is 12.0. The molecule has 0 fully saturated rings. The molecule has 8 heteroatoms. The second-order valence-electron chi connectivity index (χ2n) is 5.81. The Balaban J connectivity index is 1.50. The number of ether oxygens (including phenoxy) is 1. The molecule has 0 spiro atoms. The summed E-state index contributed by atoms with van der Waals surface area (Å²) in [5.74, 6) is -1.01. The number of aromatic amines is 1. The van der Waals surface area contributed by atoms with Crippen LogP contribution in [0, 0.1) is 0 Å². The minimum absolute atomic E-state index is 0.164. The Kier molecular flexibility index (Phi) is 6.26. The van der Waals surface area contributed by atoms with Gasteiger partial charge in [-0.25, -0.2) is 0 Å². The number of aryl methyl sites for hydroxylation is 1. The van der Waals surface area contributed by atoms with Crippen molar-refractivity contribution in [1.82, 2.24) is 4.98 Å². The number of halogens is 3. The minimum Gasteiger partial charge on any atom is -0.456 e. The molecular weight excluding hydrogens is 411 g/mol. The fourth-order valence-corrected chi connectivity index (χ4v) is 3.54. The van der Waals surface area contributed by atoms with Gasteiger partial charge in [-0.05, 0) is 30.2 Å². The third kappa shape index (κ3) is 4.95. The van der Waals surface area contributed by atoms with E-state index >= 15 is 0 Å². The maximum atomic E-state index is 12.0. The number of nitrogens with one attached hydrogen (secondary N) is 2. The van der Waals surface area contributed by atoms with Crippen molar-refractivity contribution in [1.29, 1.82) is 0 Å². The number of H-pyrrole nitrogens is 1. The quantitative estimate of drug-likeness (QED) is 0.530. The summed E-state index contributed by atoms with van der Waals surface area (Å²) in [5, 5.41) is 4.33. The first-order valence-electron chi connectivity index (χ1n) is 8.09. The number of para-hydroxylation sites is 1. The van der Waals surface area contributed by atoms with E-state index in [-0.39, 0.29) is 22.2 Å². The summed E-state index contributed by atoms with van der Waals surface area (Å²) < 4.78 is 5.02. The molecule has 0 atom stereocenters. The molecule has 1 heterocycles. The molecule has 3 aromatic rings. The van der Waals surface area contributed by atoms with E-state index in [1.54, 1.807) is 0 Å². The van der Waals surface area contributed by atoms with Gasteiger partial charge in [-0.15, -0.1) is 0 Å². The Morgan fingerprint density at radius 3 is 2.52 bits per heavy atom. The normalized spacial score (nSPS) is 10.8. The fraction of sp³-hybridized carbons (Fsp3) is 0.158. The highest BCUT2D eigenvalue weighted by Gasteiger charge is 2.14. The molecule has 0 bridgehead atoms. The van der Waals surface area contributed by atoms with Crippen LogP contribution in [-0.2, 0) is 20.7 Å². The fourth-order valence-electron chi connectivity index (χ4n) is 2.63. The molecule has 0 saturated heterocycles. The van der Waals surface area contributed by atoms with E-state index in [1.807, 2.05) is 30.5 Å². The van der Waals surface area contributed by atoms with E-state index in [4.69, 9.17) is 39.5 Å². The van der Waals surface area contributed by atoms with Crippen molar-refractivity contribution in [2.75, 3.05) is 11.9 Å². The van der Waals surface area contributed by atoms with Crippen molar-refractivity contribution in [2.24, 2.45) is 0 Å². The van der Waals surface area contributed by atoms with Gasteiger partial charge in [0.25, 0.3) is 5.91 Å². The third-order valence-corrected chi connectivity index (χ3v) is 4.72. The standard InChI is InChI=1S/C19H15Cl3N2O3/c20-12-7-14(21)19(15(22)8-12)24-17(25)10-27-18(26)6-5-11-9-23-16-4-2-1-3-13(11)16/h1-4,7-9,23H,5-6,10H2,(H,24,25). The number of carbonyl (C=O) groups excluding carboxylic acids is 2. The summed E-state index contributed by atoms with van der Waals surface area (Å²) >= 11 is 17.8. The average Bonchev–Trinajstić information content (AvgIpc) is 3.04. The molecule has 3 rings (SSSR count). The lowest BCUT2D eigenvalue weighted by molar-refractivity contribution is -0.147. The Hall–Kier alpha value is -2.21. The van der Waals surface area contributed by atoms with Crippen LogP contribution in [0.3, 0.4) is 0 Å². The number of fused-ring (bicyclic) bond motifs is 1. The molecule has 5 nitrogen and oxygen atoms in total. The number of rotatable bonds is 6. The third-order valence-electron chi connectivity index (χ3n) is 3.91. The molecule has 2 aromatic carbocycles. The van der Waals surface area contributed by atoms with E-state index in [1.165, 1.54) is 12.1 Å². The molecule has 0 aliphatic rings. The van der Waals surface area contributed by atoms with E-state index < -0.39 is 18.5 Å². The topological polar surface area (TPSA) is 71.2 Å². The van der Waals surface area contributed by atoms with E-state index in [0.29, 0.717) is 11.4 Å². The van der Waals surface area contributed by atoms with Crippen LogP contribution in [0.4, 0.5) is 5.69 Å². The monoisotopic (exact) mass is 424 g/mol. The number of aromatic nitrogens is 1. The van der Waals surface area contributed by atoms with Crippen LogP contribution in [0.15, 0.2) is 42.6 Å². The molecule has 27 heavy (non-hydrogen) atoms. The van der Waals surface area contributed by atoms with Crippen LogP contribution in [0.25, 0.3) is 10.9 Å². The van der Waals surface area contributed by atoms with Crippen molar-refractivity contribution < 1.29 is 14.3 Å². The minimum atomic E-state index is -0.540. The number of amides is 1. The van der Waals surface area contributed by atoms with Crippen LogP contribution < -0.4 is 5.32 Å². The molecule has 1 amide bonds. The van der Waals surface area contributed by atoms with Gasteiger partial charge in [-0.2, -0.15) is 0 Å². The molecule has 0 unspecified atom stereocenters. The van der Waals surface area contributed by atoms with Crippen LogP contribution in [-0.4, -0.2) is 23.5 Å². The second kappa shape index (κ2) is 8.65. The van der Waals surface area contributed by atoms with Gasteiger partial charge in [0.1, 0.15) is 0 Å². The molecule has 0 aliphatic heterocycles. The highest BCUT2D eigenvalue weighted by atomic mass is 35.5. The van der Waals surface area contributed by atoms with Crippen LogP contribution in [0.5, 0.6) is 0 Å². The van der Waals surface area contributed by atoms with Crippen molar-refractivity contribution in [3.63, 3.8) is 0 Å².